The van der Waals surface area contributed by atoms with Gasteiger partial charge >= 0.3 is 0 Å². The largest absolute Gasteiger partial charge is 0.374 e. The fourth-order valence-corrected chi connectivity index (χ4v) is 9.15. The zero-order chi connectivity index (χ0) is 11.6. The highest BCUT2D eigenvalue weighted by Gasteiger charge is 2.46. The van der Waals surface area contributed by atoms with E-state index in [0.29, 0.717) is 0 Å². The van der Waals surface area contributed by atoms with Crippen LogP contribution in [-0.2, 0) is 12.8 Å². The molecule has 0 saturated heterocycles. The van der Waals surface area contributed by atoms with Crippen LogP contribution < -0.4 is 10.1 Å². The van der Waals surface area contributed by atoms with Crippen molar-refractivity contribution in [3.63, 3.8) is 0 Å². The minimum absolute atomic E-state index is 1.12. The molecule has 1 nitrogen and oxygen atoms in total. The van der Waals surface area contributed by atoms with Crippen molar-refractivity contribution in [1.29, 1.82) is 0 Å². The maximum atomic E-state index is 2.74. The number of aryl methyl sites for hydroxylation is 2. The van der Waals surface area contributed by atoms with E-state index in [4.69, 9.17) is 0 Å². The minimum atomic E-state index is -1.12. The van der Waals surface area contributed by atoms with Gasteiger partial charge in [-0.3, -0.25) is 0 Å². The zero-order valence-corrected chi connectivity index (χ0v) is 12.0. The van der Waals surface area contributed by atoms with Gasteiger partial charge in [-0.1, -0.05) is 25.1 Å². The molecule has 1 aromatic rings. The Bertz CT molecular complexity index is 508. The van der Waals surface area contributed by atoms with Crippen molar-refractivity contribution in [3.8, 4) is 0 Å². The molecule has 0 N–H and O–H groups in total. The predicted molar refractivity (Wildman–Crippen MR) is 76.1 cm³/mol. The second-order valence-corrected chi connectivity index (χ2v) is 10.9. The summed E-state index contributed by atoms with van der Waals surface area (Å²) >= 11 is 0. The first-order valence-electron chi connectivity index (χ1n) is 7.10. The molecule has 1 unspecified atom stereocenters. The predicted octanol–water partition coefficient (Wildman–Crippen LogP) is 2.53. The maximum Gasteiger partial charge on any atom is 0.107 e. The van der Waals surface area contributed by atoms with Crippen molar-refractivity contribution in [2.24, 2.45) is 0 Å². The monoisotopic (exact) mass is 243 g/mol. The molecule has 1 aromatic carbocycles. The lowest BCUT2D eigenvalue weighted by Gasteiger charge is -2.30. The maximum absolute atomic E-state index is 2.74. The van der Waals surface area contributed by atoms with Gasteiger partial charge in [0.1, 0.15) is 8.07 Å². The fraction of sp³-hybridized carbons (Fsp3) is 0.600. The lowest BCUT2D eigenvalue weighted by Crippen LogP contribution is -2.50. The van der Waals surface area contributed by atoms with Gasteiger partial charge in [0, 0.05) is 18.4 Å². The normalized spacial score (nSPS) is 29.4. The van der Waals surface area contributed by atoms with E-state index < -0.39 is 8.07 Å². The van der Waals surface area contributed by atoms with Crippen LogP contribution in [0.5, 0.6) is 0 Å². The Morgan fingerprint density at radius 2 is 2.12 bits per heavy atom. The van der Waals surface area contributed by atoms with Gasteiger partial charge in [0.2, 0.25) is 0 Å². The van der Waals surface area contributed by atoms with E-state index in [2.05, 4.69) is 24.4 Å². The van der Waals surface area contributed by atoms with Crippen molar-refractivity contribution in [2.45, 2.75) is 45.2 Å². The molecular formula is C15H21NSi. The number of hydrogen-bond donors (Lipinski definition) is 0. The van der Waals surface area contributed by atoms with Gasteiger partial charge in [0.15, 0.2) is 0 Å². The van der Waals surface area contributed by atoms with Crippen LogP contribution in [0.4, 0.5) is 5.69 Å². The smallest absolute Gasteiger partial charge is 0.107 e. The van der Waals surface area contributed by atoms with E-state index in [1.807, 2.05) is 5.19 Å². The van der Waals surface area contributed by atoms with E-state index in [9.17, 15) is 0 Å². The third-order valence-corrected chi connectivity index (χ3v) is 9.48. The molecule has 3 aliphatic rings. The zero-order valence-electron chi connectivity index (χ0n) is 11.0. The first-order chi connectivity index (χ1) is 8.19. The molecule has 3 aliphatic heterocycles. The number of nitrogens with zero attached hydrogens (tertiary/aromatic N) is 1. The van der Waals surface area contributed by atoms with Gasteiger partial charge in [-0.15, -0.1) is 0 Å². The lowest BCUT2D eigenvalue weighted by molar-refractivity contribution is 0.739. The first-order valence-corrected chi connectivity index (χ1v) is 10.0. The summed E-state index contributed by atoms with van der Waals surface area (Å²) in [5, 5.41) is 1.89. The third kappa shape index (κ3) is 1.20. The number of anilines is 1. The highest BCUT2D eigenvalue weighted by atomic mass is 28.3. The van der Waals surface area contributed by atoms with Crippen LogP contribution in [-0.4, -0.2) is 20.8 Å². The summed E-state index contributed by atoms with van der Waals surface area (Å²) < 4.78 is 0. The van der Waals surface area contributed by atoms with Gasteiger partial charge in [0.05, 0.1) is 0 Å². The molecule has 3 heterocycles. The molecule has 0 fully saturated rings. The van der Waals surface area contributed by atoms with Crippen molar-refractivity contribution in [2.75, 3.05) is 17.6 Å². The Balaban J connectivity index is 2.07. The molecular weight excluding hydrogens is 222 g/mol. The number of rotatable bonds is 0. The molecule has 0 amide bonds. The Morgan fingerprint density at radius 1 is 1.24 bits per heavy atom. The molecule has 90 valence electrons. The number of hydrogen-bond acceptors (Lipinski definition) is 1. The van der Waals surface area contributed by atoms with Gasteiger partial charge in [-0.2, -0.15) is 0 Å². The van der Waals surface area contributed by atoms with Crippen LogP contribution >= 0.6 is 0 Å². The summed E-state index contributed by atoms with van der Waals surface area (Å²) in [4.78, 5) is 2.74. The second kappa shape index (κ2) is 3.17. The van der Waals surface area contributed by atoms with Gasteiger partial charge in [0.25, 0.3) is 0 Å². The standard InChI is InChI=1S/C15H21NSi/c1-11-9-12-5-3-7-16-10-17(2)8-4-6-13(11)15(17)14(12)16/h9H,3-8,10H2,1-2H3. The summed E-state index contributed by atoms with van der Waals surface area (Å²) in [6, 6.07) is 4.04. The Kier molecular flexibility index (Phi) is 1.90. The average molecular weight is 243 g/mol. The Hall–Kier alpha value is -0.763. The van der Waals surface area contributed by atoms with Crippen LogP contribution in [0.1, 0.15) is 29.5 Å². The molecule has 0 spiro atoms. The SMILES string of the molecule is Cc1cc2c3c4c1CCC[Si]4(C)CN3CCC2. The van der Waals surface area contributed by atoms with Crippen LogP contribution in [0.3, 0.4) is 0 Å². The van der Waals surface area contributed by atoms with Crippen molar-refractivity contribution in [1.82, 2.24) is 0 Å². The minimum Gasteiger partial charge on any atom is -0.374 e. The van der Waals surface area contributed by atoms with Crippen LogP contribution in [0.2, 0.25) is 12.6 Å². The van der Waals surface area contributed by atoms with Gasteiger partial charge in [-0.25, -0.2) is 0 Å². The molecule has 0 radical (unpaired) electrons. The summed E-state index contributed by atoms with van der Waals surface area (Å²) in [5.74, 6) is 0. The number of benzene rings is 1. The van der Waals surface area contributed by atoms with E-state index in [0.717, 1.165) is 0 Å². The summed E-state index contributed by atoms with van der Waals surface area (Å²) in [6.45, 7) is 6.32. The molecule has 0 aliphatic carbocycles. The van der Waals surface area contributed by atoms with Crippen molar-refractivity contribution < 1.29 is 0 Å². The van der Waals surface area contributed by atoms with Crippen LogP contribution in [0, 0.1) is 6.92 Å². The molecule has 0 aromatic heterocycles. The summed E-state index contributed by atoms with van der Waals surface area (Å²) in [6.07, 6.45) is 6.92. The van der Waals surface area contributed by atoms with E-state index >= 15 is 0 Å². The Labute approximate surface area is 105 Å². The molecule has 2 heteroatoms. The molecule has 4 rings (SSSR count). The molecule has 1 atom stereocenters. The molecule has 0 bridgehead atoms. The quantitative estimate of drug-likeness (QED) is 0.633. The van der Waals surface area contributed by atoms with E-state index in [-0.39, 0.29) is 0 Å². The molecule has 0 saturated carbocycles. The van der Waals surface area contributed by atoms with Crippen molar-refractivity contribution >= 4 is 18.9 Å². The average Bonchev–Trinajstić information content (AvgIpc) is 2.60. The topological polar surface area (TPSA) is 3.24 Å². The highest BCUT2D eigenvalue weighted by molar-refractivity contribution is 6.94. The van der Waals surface area contributed by atoms with Gasteiger partial charge < -0.3 is 4.90 Å². The van der Waals surface area contributed by atoms with Crippen LogP contribution in [0.15, 0.2) is 6.07 Å². The fourth-order valence-electron chi connectivity index (χ4n) is 4.53. The van der Waals surface area contributed by atoms with Gasteiger partial charge in [-0.05, 0) is 48.1 Å². The highest BCUT2D eigenvalue weighted by Crippen LogP contribution is 2.40. The second-order valence-electron chi connectivity index (χ2n) is 6.49. The lowest BCUT2D eigenvalue weighted by atomic mass is 9.94. The summed E-state index contributed by atoms with van der Waals surface area (Å²) in [7, 11) is -1.12. The first kappa shape index (κ1) is 10.2. The van der Waals surface area contributed by atoms with E-state index in [1.165, 1.54) is 44.4 Å². The Morgan fingerprint density at radius 3 is 3.00 bits per heavy atom. The van der Waals surface area contributed by atoms with Crippen LogP contribution in [0.25, 0.3) is 0 Å². The summed E-state index contributed by atoms with van der Waals surface area (Å²) in [5.41, 5.74) is 6.74. The van der Waals surface area contributed by atoms with E-state index in [1.54, 1.807) is 22.4 Å². The van der Waals surface area contributed by atoms with Crippen molar-refractivity contribution in [3.05, 3.63) is 22.8 Å². The third-order valence-electron chi connectivity index (χ3n) is 5.20. The molecule has 17 heavy (non-hydrogen) atoms.